The van der Waals surface area contributed by atoms with Crippen LogP contribution in [0.1, 0.15) is 69.2 Å². The zero-order valence-electron chi connectivity index (χ0n) is 13.5. The highest BCUT2D eigenvalue weighted by atomic mass is 15.2. The Balaban J connectivity index is 2.30. The maximum Gasteiger partial charge on any atom is 0.146 e. The second-order valence-electron chi connectivity index (χ2n) is 5.98. The minimum Gasteiger partial charge on any atom is -0.356 e. The lowest BCUT2D eigenvalue weighted by atomic mass is 9.95. The first-order chi connectivity index (χ1) is 10.3. The van der Waals surface area contributed by atoms with Crippen LogP contribution in [0.25, 0.3) is 0 Å². The predicted octanol–water partition coefficient (Wildman–Crippen LogP) is 4.24. The molecule has 0 radical (unpaired) electrons. The maximum atomic E-state index is 9.50. The summed E-state index contributed by atoms with van der Waals surface area (Å²) >= 11 is 0. The van der Waals surface area contributed by atoms with Crippen molar-refractivity contribution in [1.29, 1.82) is 5.26 Å². The van der Waals surface area contributed by atoms with Crippen molar-refractivity contribution < 1.29 is 0 Å². The third-order valence-electron chi connectivity index (χ3n) is 4.26. The molecule has 0 N–H and O–H groups in total. The third kappa shape index (κ3) is 3.97. The molecule has 114 valence electrons. The SMILES string of the molecule is CCCCN(CCCC)c1nc2c(cc1C#N)CCCC2. The molecular weight excluding hydrogens is 258 g/mol. The molecule has 1 heterocycles. The predicted molar refractivity (Wildman–Crippen MR) is 87.6 cm³/mol. The van der Waals surface area contributed by atoms with Gasteiger partial charge < -0.3 is 4.90 Å². The molecule has 0 atom stereocenters. The molecule has 0 saturated carbocycles. The molecule has 0 saturated heterocycles. The fraction of sp³-hybridized carbons (Fsp3) is 0.667. The van der Waals surface area contributed by atoms with E-state index in [1.807, 2.05) is 0 Å². The van der Waals surface area contributed by atoms with Crippen molar-refractivity contribution in [3.8, 4) is 6.07 Å². The van der Waals surface area contributed by atoms with E-state index in [1.165, 1.54) is 36.9 Å². The van der Waals surface area contributed by atoms with Gasteiger partial charge in [-0.2, -0.15) is 5.26 Å². The van der Waals surface area contributed by atoms with Gasteiger partial charge in [0.15, 0.2) is 0 Å². The van der Waals surface area contributed by atoms with Crippen LogP contribution >= 0.6 is 0 Å². The summed E-state index contributed by atoms with van der Waals surface area (Å²) in [6.45, 7) is 6.45. The number of hydrogen-bond acceptors (Lipinski definition) is 3. The Morgan fingerprint density at radius 2 is 1.81 bits per heavy atom. The van der Waals surface area contributed by atoms with Crippen molar-refractivity contribution in [3.05, 3.63) is 22.9 Å². The van der Waals surface area contributed by atoms with E-state index in [0.29, 0.717) is 0 Å². The molecule has 0 amide bonds. The number of aryl methyl sites for hydroxylation is 2. The Morgan fingerprint density at radius 3 is 2.43 bits per heavy atom. The van der Waals surface area contributed by atoms with Crippen LogP contribution in [0.3, 0.4) is 0 Å². The number of rotatable bonds is 7. The number of anilines is 1. The molecule has 1 aromatic rings. The number of nitriles is 1. The topological polar surface area (TPSA) is 39.9 Å². The van der Waals surface area contributed by atoms with Gasteiger partial charge in [0.2, 0.25) is 0 Å². The number of nitrogens with zero attached hydrogens (tertiary/aromatic N) is 3. The monoisotopic (exact) mass is 285 g/mol. The summed E-state index contributed by atoms with van der Waals surface area (Å²) in [6.07, 6.45) is 9.29. The number of unbranched alkanes of at least 4 members (excludes halogenated alkanes) is 2. The summed E-state index contributed by atoms with van der Waals surface area (Å²) in [5.41, 5.74) is 3.29. The van der Waals surface area contributed by atoms with Gasteiger partial charge in [-0.05, 0) is 50.2 Å². The summed E-state index contributed by atoms with van der Waals surface area (Å²) in [5, 5.41) is 9.50. The summed E-state index contributed by atoms with van der Waals surface area (Å²) in [7, 11) is 0. The van der Waals surface area contributed by atoms with Gasteiger partial charge in [-0.15, -0.1) is 0 Å². The Bertz CT molecular complexity index is 494. The highest BCUT2D eigenvalue weighted by Crippen LogP contribution is 2.27. The van der Waals surface area contributed by atoms with Crippen molar-refractivity contribution >= 4 is 5.82 Å². The van der Waals surface area contributed by atoms with Gasteiger partial charge in [-0.25, -0.2) is 4.98 Å². The molecule has 1 aliphatic carbocycles. The van der Waals surface area contributed by atoms with Gasteiger partial charge in [-0.1, -0.05) is 26.7 Å². The van der Waals surface area contributed by atoms with Crippen LogP contribution in [0.15, 0.2) is 6.07 Å². The third-order valence-corrected chi connectivity index (χ3v) is 4.26. The second kappa shape index (κ2) is 8.02. The Kier molecular flexibility index (Phi) is 6.04. The van der Waals surface area contributed by atoms with Crippen molar-refractivity contribution in [3.63, 3.8) is 0 Å². The number of aromatic nitrogens is 1. The van der Waals surface area contributed by atoms with Crippen molar-refractivity contribution in [2.75, 3.05) is 18.0 Å². The minimum atomic E-state index is 0.767. The molecule has 1 aromatic heterocycles. The quantitative estimate of drug-likeness (QED) is 0.752. The van der Waals surface area contributed by atoms with Crippen LogP contribution in [-0.4, -0.2) is 18.1 Å². The van der Waals surface area contributed by atoms with Crippen LogP contribution in [0.4, 0.5) is 5.82 Å². The van der Waals surface area contributed by atoms with E-state index in [9.17, 15) is 5.26 Å². The fourth-order valence-electron chi connectivity index (χ4n) is 2.97. The van der Waals surface area contributed by atoms with Crippen molar-refractivity contribution in [2.24, 2.45) is 0 Å². The first kappa shape index (κ1) is 15.8. The zero-order chi connectivity index (χ0) is 15.1. The zero-order valence-corrected chi connectivity index (χ0v) is 13.5. The van der Waals surface area contributed by atoms with Crippen molar-refractivity contribution in [1.82, 2.24) is 4.98 Å². The minimum absolute atomic E-state index is 0.767. The van der Waals surface area contributed by atoms with Gasteiger partial charge in [0.05, 0.1) is 5.56 Å². The van der Waals surface area contributed by atoms with Crippen LogP contribution in [0.2, 0.25) is 0 Å². The molecule has 0 aliphatic heterocycles. The van der Waals surface area contributed by atoms with Crippen LogP contribution < -0.4 is 4.90 Å². The lowest BCUT2D eigenvalue weighted by Crippen LogP contribution is -2.28. The van der Waals surface area contributed by atoms with Gasteiger partial charge in [0, 0.05) is 18.8 Å². The number of pyridine rings is 1. The summed E-state index contributed by atoms with van der Waals surface area (Å²) in [6, 6.07) is 4.47. The standard InChI is InChI=1S/C18H27N3/c1-3-5-11-21(12-6-4-2)18-16(14-19)13-15-9-7-8-10-17(15)20-18/h13H,3-12H2,1-2H3. The molecule has 0 bridgehead atoms. The average Bonchev–Trinajstić information content (AvgIpc) is 2.54. The van der Waals surface area contributed by atoms with E-state index in [0.717, 1.165) is 50.2 Å². The van der Waals surface area contributed by atoms with Crippen molar-refractivity contribution in [2.45, 2.75) is 65.2 Å². The summed E-state index contributed by atoms with van der Waals surface area (Å²) in [4.78, 5) is 7.23. The van der Waals surface area contributed by atoms with E-state index < -0.39 is 0 Å². The molecular formula is C18H27N3. The lowest BCUT2D eigenvalue weighted by Gasteiger charge is -2.26. The highest BCUT2D eigenvalue weighted by molar-refractivity contribution is 5.56. The molecule has 0 spiro atoms. The Hall–Kier alpha value is -1.56. The van der Waals surface area contributed by atoms with Gasteiger partial charge >= 0.3 is 0 Å². The molecule has 3 nitrogen and oxygen atoms in total. The molecule has 0 fully saturated rings. The Labute approximate surface area is 129 Å². The first-order valence-electron chi connectivity index (χ1n) is 8.48. The second-order valence-corrected chi connectivity index (χ2v) is 5.98. The molecule has 0 unspecified atom stereocenters. The van der Waals surface area contributed by atoms with E-state index in [4.69, 9.17) is 4.98 Å². The average molecular weight is 285 g/mol. The molecule has 3 heteroatoms. The molecule has 1 aliphatic rings. The molecule has 21 heavy (non-hydrogen) atoms. The van der Waals surface area contributed by atoms with E-state index in [1.54, 1.807) is 0 Å². The van der Waals surface area contributed by atoms with Crippen LogP contribution in [0, 0.1) is 11.3 Å². The number of fused-ring (bicyclic) bond motifs is 1. The smallest absolute Gasteiger partial charge is 0.146 e. The van der Waals surface area contributed by atoms with Gasteiger partial charge in [0.25, 0.3) is 0 Å². The van der Waals surface area contributed by atoms with Crippen LogP contribution in [-0.2, 0) is 12.8 Å². The van der Waals surface area contributed by atoms with E-state index in [2.05, 4.69) is 30.9 Å². The number of hydrogen-bond donors (Lipinski definition) is 0. The maximum absolute atomic E-state index is 9.50. The van der Waals surface area contributed by atoms with Gasteiger partial charge in [-0.3, -0.25) is 0 Å². The summed E-state index contributed by atoms with van der Waals surface area (Å²) in [5.74, 6) is 0.931. The highest BCUT2D eigenvalue weighted by Gasteiger charge is 2.18. The van der Waals surface area contributed by atoms with E-state index >= 15 is 0 Å². The van der Waals surface area contributed by atoms with Gasteiger partial charge in [0.1, 0.15) is 11.9 Å². The van der Waals surface area contributed by atoms with E-state index in [-0.39, 0.29) is 0 Å². The normalized spacial score (nSPS) is 13.6. The lowest BCUT2D eigenvalue weighted by molar-refractivity contribution is 0.648. The Morgan fingerprint density at radius 1 is 1.14 bits per heavy atom. The largest absolute Gasteiger partial charge is 0.356 e. The summed E-state index contributed by atoms with van der Waals surface area (Å²) < 4.78 is 0. The van der Waals surface area contributed by atoms with Crippen LogP contribution in [0.5, 0.6) is 0 Å². The molecule has 2 rings (SSSR count). The molecule has 0 aromatic carbocycles. The first-order valence-corrected chi connectivity index (χ1v) is 8.48. The fourth-order valence-corrected chi connectivity index (χ4v) is 2.97.